The molecule has 0 aromatic heterocycles. The number of nitrogens with two attached hydrogens (primary N) is 1. The molecular formula is C14H21ClN2O2. The van der Waals surface area contributed by atoms with E-state index in [1.165, 1.54) is 0 Å². The Morgan fingerprint density at radius 2 is 2.21 bits per heavy atom. The van der Waals surface area contributed by atoms with E-state index in [0.29, 0.717) is 36.0 Å². The molecule has 19 heavy (non-hydrogen) atoms. The summed E-state index contributed by atoms with van der Waals surface area (Å²) < 4.78 is 5.57. The number of nitrogens with one attached hydrogen (secondary N) is 1. The lowest BCUT2D eigenvalue weighted by molar-refractivity contribution is -0.116. The van der Waals surface area contributed by atoms with E-state index in [2.05, 4.69) is 5.32 Å². The number of unbranched alkanes of at least 4 members (excludes halogenated alkanes) is 1. The summed E-state index contributed by atoms with van der Waals surface area (Å²) in [6.45, 7) is 3.24. The predicted molar refractivity (Wildman–Crippen MR) is 78.8 cm³/mol. The molecule has 1 rings (SSSR count). The normalized spacial score (nSPS) is 10.3. The van der Waals surface area contributed by atoms with E-state index in [1.807, 2.05) is 6.92 Å². The van der Waals surface area contributed by atoms with Crippen LogP contribution in [0.1, 0.15) is 32.6 Å². The van der Waals surface area contributed by atoms with Gasteiger partial charge in [0, 0.05) is 11.4 Å². The fraction of sp³-hybridized carbons (Fsp3) is 0.500. The average molecular weight is 285 g/mol. The highest BCUT2D eigenvalue weighted by atomic mass is 35.5. The van der Waals surface area contributed by atoms with Gasteiger partial charge in [0.25, 0.3) is 0 Å². The maximum Gasteiger partial charge on any atom is 0.224 e. The predicted octanol–water partition coefficient (Wildman–Crippen LogP) is 3.20. The molecule has 5 heteroatoms. The van der Waals surface area contributed by atoms with Crippen molar-refractivity contribution in [2.24, 2.45) is 5.73 Å². The van der Waals surface area contributed by atoms with E-state index >= 15 is 0 Å². The number of anilines is 1. The summed E-state index contributed by atoms with van der Waals surface area (Å²) >= 11 is 5.94. The van der Waals surface area contributed by atoms with Gasteiger partial charge < -0.3 is 15.8 Å². The summed E-state index contributed by atoms with van der Waals surface area (Å²) in [5.74, 6) is 0.607. The van der Waals surface area contributed by atoms with E-state index in [0.717, 1.165) is 19.3 Å². The van der Waals surface area contributed by atoms with Crippen molar-refractivity contribution in [3.05, 3.63) is 23.2 Å². The molecule has 0 radical (unpaired) electrons. The molecule has 0 bridgehead atoms. The molecule has 0 saturated heterocycles. The van der Waals surface area contributed by atoms with Crippen molar-refractivity contribution in [2.45, 2.75) is 32.6 Å². The second-order valence-corrected chi connectivity index (χ2v) is 4.72. The van der Waals surface area contributed by atoms with Gasteiger partial charge in [0.05, 0.1) is 12.3 Å². The minimum Gasteiger partial charge on any atom is -0.491 e. The van der Waals surface area contributed by atoms with Crippen LogP contribution in [-0.4, -0.2) is 19.1 Å². The highest BCUT2D eigenvalue weighted by molar-refractivity contribution is 6.31. The monoisotopic (exact) mass is 284 g/mol. The van der Waals surface area contributed by atoms with Crippen LogP contribution in [0.3, 0.4) is 0 Å². The first-order valence-electron chi connectivity index (χ1n) is 6.59. The van der Waals surface area contributed by atoms with Crippen molar-refractivity contribution < 1.29 is 9.53 Å². The molecule has 3 N–H and O–H groups in total. The molecule has 0 fully saturated rings. The van der Waals surface area contributed by atoms with Gasteiger partial charge in [0.2, 0.25) is 5.91 Å². The molecule has 0 aliphatic heterocycles. The summed E-state index contributed by atoms with van der Waals surface area (Å²) in [5, 5.41) is 3.40. The molecule has 0 unspecified atom stereocenters. The number of carbonyl (C=O) groups excluding carboxylic acids is 1. The Labute approximate surface area is 119 Å². The number of rotatable bonds is 8. The largest absolute Gasteiger partial charge is 0.491 e. The number of amides is 1. The van der Waals surface area contributed by atoms with E-state index in [4.69, 9.17) is 22.1 Å². The van der Waals surface area contributed by atoms with Crippen LogP contribution < -0.4 is 15.8 Å². The summed E-state index contributed by atoms with van der Waals surface area (Å²) in [5.41, 5.74) is 6.02. The second kappa shape index (κ2) is 8.77. The molecule has 0 aliphatic carbocycles. The number of hydrogen-bond acceptors (Lipinski definition) is 3. The van der Waals surface area contributed by atoms with E-state index in [-0.39, 0.29) is 5.91 Å². The van der Waals surface area contributed by atoms with Crippen LogP contribution in [0.4, 0.5) is 5.69 Å². The number of carbonyl (C=O) groups is 1. The number of ether oxygens (including phenoxy) is 1. The van der Waals surface area contributed by atoms with Gasteiger partial charge in [-0.15, -0.1) is 0 Å². The molecule has 0 aliphatic rings. The maximum atomic E-state index is 11.8. The zero-order valence-electron chi connectivity index (χ0n) is 11.2. The topological polar surface area (TPSA) is 64.3 Å². The zero-order valence-corrected chi connectivity index (χ0v) is 12.0. The van der Waals surface area contributed by atoms with Crippen molar-refractivity contribution in [1.82, 2.24) is 0 Å². The van der Waals surface area contributed by atoms with Crippen LogP contribution in [0.25, 0.3) is 0 Å². The van der Waals surface area contributed by atoms with Gasteiger partial charge in [-0.2, -0.15) is 0 Å². The lowest BCUT2D eigenvalue weighted by atomic mass is 10.2. The molecule has 0 saturated carbocycles. The fourth-order valence-electron chi connectivity index (χ4n) is 1.58. The molecule has 0 spiro atoms. The highest BCUT2D eigenvalue weighted by Gasteiger charge is 2.08. The summed E-state index contributed by atoms with van der Waals surface area (Å²) in [4.78, 5) is 11.8. The third-order valence-corrected chi connectivity index (χ3v) is 2.77. The quantitative estimate of drug-likeness (QED) is 0.721. The van der Waals surface area contributed by atoms with Crippen LogP contribution in [0.5, 0.6) is 5.75 Å². The molecule has 0 heterocycles. The van der Waals surface area contributed by atoms with E-state index in [1.54, 1.807) is 18.2 Å². The Kier molecular flexibility index (Phi) is 7.30. The molecule has 106 valence electrons. The number of halogens is 1. The first-order valence-corrected chi connectivity index (χ1v) is 6.97. The molecule has 1 aromatic carbocycles. The van der Waals surface area contributed by atoms with Crippen LogP contribution in [0, 0.1) is 0 Å². The lowest BCUT2D eigenvalue weighted by Crippen LogP contribution is -2.13. The van der Waals surface area contributed by atoms with Gasteiger partial charge in [-0.05, 0) is 44.0 Å². The standard InChI is InChI=1S/C14H21ClN2O2/c1-2-9-19-13-7-6-11(15)10-12(13)17-14(18)5-3-4-8-16/h6-7,10H,2-5,8-9,16H2,1H3,(H,17,18). The van der Waals surface area contributed by atoms with Crippen LogP contribution >= 0.6 is 11.6 Å². The first kappa shape index (κ1) is 15.8. The molecule has 1 aromatic rings. The second-order valence-electron chi connectivity index (χ2n) is 4.28. The lowest BCUT2D eigenvalue weighted by Gasteiger charge is -2.12. The van der Waals surface area contributed by atoms with Crippen LogP contribution in [0.15, 0.2) is 18.2 Å². The average Bonchev–Trinajstić information content (AvgIpc) is 2.38. The third kappa shape index (κ3) is 5.94. The SMILES string of the molecule is CCCOc1ccc(Cl)cc1NC(=O)CCCCN. The van der Waals surface area contributed by atoms with Gasteiger partial charge in [-0.3, -0.25) is 4.79 Å². The van der Waals surface area contributed by atoms with Gasteiger partial charge in [-0.1, -0.05) is 18.5 Å². The maximum absolute atomic E-state index is 11.8. The van der Waals surface area contributed by atoms with Gasteiger partial charge in [0.15, 0.2) is 0 Å². The van der Waals surface area contributed by atoms with E-state index in [9.17, 15) is 4.79 Å². The Morgan fingerprint density at radius 3 is 2.89 bits per heavy atom. The van der Waals surface area contributed by atoms with Gasteiger partial charge in [0.1, 0.15) is 5.75 Å². The van der Waals surface area contributed by atoms with Crippen LogP contribution in [-0.2, 0) is 4.79 Å². The Bertz CT molecular complexity index is 410. The number of benzene rings is 1. The van der Waals surface area contributed by atoms with Crippen molar-refractivity contribution in [3.8, 4) is 5.75 Å². The summed E-state index contributed by atoms with van der Waals surface area (Å²) in [7, 11) is 0. The smallest absolute Gasteiger partial charge is 0.224 e. The molecular weight excluding hydrogens is 264 g/mol. The molecule has 1 amide bonds. The van der Waals surface area contributed by atoms with Crippen molar-refractivity contribution in [2.75, 3.05) is 18.5 Å². The Morgan fingerprint density at radius 1 is 1.42 bits per heavy atom. The molecule has 4 nitrogen and oxygen atoms in total. The summed E-state index contributed by atoms with van der Waals surface area (Å²) in [6.07, 6.45) is 3.00. The first-order chi connectivity index (χ1) is 9.17. The van der Waals surface area contributed by atoms with E-state index < -0.39 is 0 Å². The summed E-state index contributed by atoms with van der Waals surface area (Å²) in [6, 6.07) is 5.22. The highest BCUT2D eigenvalue weighted by Crippen LogP contribution is 2.28. The number of hydrogen-bond donors (Lipinski definition) is 2. The minimum absolute atomic E-state index is 0.0444. The van der Waals surface area contributed by atoms with Crippen molar-refractivity contribution in [1.29, 1.82) is 0 Å². The Balaban J connectivity index is 2.63. The van der Waals surface area contributed by atoms with Gasteiger partial charge >= 0.3 is 0 Å². The molecule has 0 atom stereocenters. The van der Waals surface area contributed by atoms with Gasteiger partial charge in [-0.25, -0.2) is 0 Å². The fourth-order valence-corrected chi connectivity index (χ4v) is 1.75. The minimum atomic E-state index is -0.0444. The zero-order chi connectivity index (χ0) is 14.1. The third-order valence-electron chi connectivity index (χ3n) is 2.54. The Hall–Kier alpha value is -1.26. The van der Waals surface area contributed by atoms with Crippen molar-refractivity contribution >= 4 is 23.2 Å². The van der Waals surface area contributed by atoms with Crippen LogP contribution in [0.2, 0.25) is 5.02 Å². The van der Waals surface area contributed by atoms with Crippen molar-refractivity contribution in [3.63, 3.8) is 0 Å².